The zero-order chi connectivity index (χ0) is 22.1. The topological polar surface area (TPSA) is 60.7 Å². The SMILES string of the molecule is C=C1C(=CC=C2CCC[C@]3(C)C(CC)=CC[C@@H]23)C[C@](O)(SC[C@H](O)C(C)C)C[C@@H]1O. The first-order valence-corrected chi connectivity index (χ1v) is 12.6. The van der Waals surface area contributed by atoms with Gasteiger partial charge in [0, 0.05) is 18.6 Å². The summed E-state index contributed by atoms with van der Waals surface area (Å²) in [6, 6.07) is 0. The highest BCUT2D eigenvalue weighted by atomic mass is 32.2. The smallest absolute Gasteiger partial charge is 0.117 e. The van der Waals surface area contributed by atoms with Gasteiger partial charge in [0.25, 0.3) is 0 Å². The Morgan fingerprint density at radius 3 is 2.73 bits per heavy atom. The van der Waals surface area contributed by atoms with Crippen LogP contribution in [-0.2, 0) is 0 Å². The van der Waals surface area contributed by atoms with Crippen molar-refractivity contribution in [1.29, 1.82) is 0 Å². The van der Waals surface area contributed by atoms with E-state index in [1.54, 1.807) is 5.57 Å². The average molecular weight is 433 g/mol. The van der Waals surface area contributed by atoms with Crippen LogP contribution in [0.3, 0.4) is 0 Å². The maximum absolute atomic E-state index is 11.1. The van der Waals surface area contributed by atoms with Gasteiger partial charge in [-0.15, -0.1) is 11.8 Å². The van der Waals surface area contributed by atoms with Crippen LogP contribution < -0.4 is 0 Å². The van der Waals surface area contributed by atoms with Crippen LogP contribution in [0.4, 0.5) is 0 Å². The van der Waals surface area contributed by atoms with E-state index in [1.807, 2.05) is 13.8 Å². The second-order valence-corrected chi connectivity index (χ2v) is 11.4. The van der Waals surface area contributed by atoms with Crippen molar-refractivity contribution in [3.63, 3.8) is 0 Å². The molecule has 3 aliphatic carbocycles. The molecule has 0 spiro atoms. The number of hydrogen-bond donors (Lipinski definition) is 3. The summed E-state index contributed by atoms with van der Waals surface area (Å²) in [7, 11) is 0. The summed E-state index contributed by atoms with van der Waals surface area (Å²) >= 11 is 1.36. The van der Waals surface area contributed by atoms with Gasteiger partial charge >= 0.3 is 0 Å². The van der Waals surface area contributed by atoms with Crippen LogP contribution in [0.25, 0.3) is 0 Å². The van der Waals surface area contributed by atoms with Crippen LogP contribution in [0.2, 0.25) is 0 Å². The van der Waals surface area contributed by atoms with Crippen LogP contribution >= 0.6 is 11.8 Å². The van der Waals surface area contributed by atoms with E-state index in [-0.39, 0.29) is 12.3 Å². The lowest BCUT2D eigenvalue weighted by atomic mass is 9.64. The lowest BCUT2D eigenvalue weighted by molar-refractivity contribution is 0.0594. The van der Waals surface area contributed by atoms with Crippen molar-refractivity contribution in [3.8, 4) is 0 Å². The van der Waals surface area contributed by atoms with Crippen molar-refractivity contribution in [2.75, 3.05) is 5.75 Å². The molecule has 2 saturated carbocycles. The highest BCUT2D eigenvalue weighted by Gasteiger charge is 2.44. The first-order valence-electron chi connectivity index (χ1n) is 11.6. The molecule has 0 radical (unpaired) electrons. The van der Waals surface area contributed by atoms with Gasteiger partial charge in [-0.1, -0.05) is 63.6 Å². The third-order valence-corrected chi connectivity index (χ3v) is 9.03. The van der Waals surface area contributed by atoms with Gasteiger partial charge in [0.2, 0.25) is 0 Å². The summed E-state index contributed by atoms with van der Waals surface area (Å²) in [6.45, 7) is 12.8. The Labute approximate surface area is 187 Å². The van der Waals surface area contributed by atoms with E-state index < -0.39 is 17.1 Å². The van der Waals surface area contributed by atoms with E-state index in [2.05, 4.69) is 38.7 Å². The summed E-state index contributed by atoms with van der Waals surface area (Å²) < 4.78 is 0. The zero-order valence-electron chi connectivity index (χ0n) is 19.2. The summed E-state index contributed by atoms with van der Waals surface area (Å²) in [4.78, 5) is -1.06. The van der Waals surface area contributed by atoms with Gasteiger partial charge in [-0.05, 0) is 60.5 Å². The number of thioether (sulfide) groups is 1. The molecule has 3 N–H and O–H groups in total. The second kappa shape index (κ2) is 9.36. The molecule has 0 heterocycles. The summed E-state index contributed by atoms with van der Waals surface area (Å²) in [5, 5.41) is 31.8. The lowest BCUT2D eigenvalue weighted by Crippen LogP contribution is -2.38. The monoisotopic (exact) mass is 432 g/mol. The standard InChI is InChI=1S/C26H40O3S/c1-6-21-11-12-22-19(8-7-13-25(21,22)5)9-10-20-14-26(29,15-23(27)18(20)4)30-16-24(28)17(2)3/h9-11,17,22-24,27-29H,4,6-8,12-16H2,1-3,5H3/t22-,23-,24-,25+,26-/m0/s1. The van der Waals surface area contributed by atoms with E-state index in [0.29, 0.717) is 23.5 Å². The maximum atomic E-state index is 11.1. The van der Waals surface area contributed by atoms with Gasteiger partial charge < -0.3 is 15.3 Å². The van der Waals surface area contributed by atoms with Crippen molar-refractivity contribution in [3.05, 3.63) is 47.1 Å². The number of hydrogen-bond acceptors (Lipinski definition) is 4. The molecule has 0 aromatic rings. The van der Waals surface area contributed by atoms with Crippen molar-refractivity contribution in [1.82, 2.24) is 0 Å². The third kappa shape index (κ3) is 4.82. The molecule has 3 nitrogen and oxygen atoms in total. The molecule has 0 saturated heterocycles. The molecule has 2 fully saturated rings. The number of allylic oxidation sites excluding steroid dienone is 5. The predicted molar refractivity (Wildman–Crippen MR) is 127 cm³/mol. The third-order valence-electron chi connectivity index (χ3n) is 7.68. The van der Waals surface area contributed by atoms with Crippen molar-refractivity contribution < 1.29 is 15.3 Å². The Kier molecular flexibility index (Phi) is 7.44. The predicted octanol–water partition coefficient (Wildman–Crippen LogP) is 5.54. The fraction of sp³-hybridized carbons (Fsp3) is 0.692. The minimum Gasteiger partial charge on any atom is -0.392 e. The van der Waals surface area contributed by atoms with Crippen LogP contribution in [0, 0.1) is 17.3 Å². The molecule has 3 aliphatic rings. The first kappa shape index (κ1) is 23.8. The molecular weight excluding hydrogens is 392 g/mol. The fourth-order valence-corrected chi connectivity index (χ4v) is 6.89. The molecule has 0 bridgehead atoms. The largest absolute Gasteiger partial charge is 0.392 e. The average Bonchev–Trinajstić information content (AvgIpc) is 3.04. The van der Waals surface area contributed by atoms with E-state index in [0.717, 1.165) is 30.4 Å². The highest BCUT2D eigenvalue weighted by molar-refractivity contribution is 8.00. The molecule has 3 rings (SSSR count). The molecule has 5 atom stereocenters. The van der Waals surface area contributed by atoms with E-state index in [1.165, 1.54) is 30.2 Å². The molecule has 30 heavy (non-hydrogen) atoms. The minimum absolute atomic E-state index is 0.151. The molecule has 0 aromatic heterocycles. The number of aliphatic hydroxyl groups is 3. The van der Waals surface area contributed by atoms with Gasteiger partial charge in [0.15, 0.2) is 0 Å². The van der Waals surface area contributed by atoms with Gasteiger partial charge in [-0.3, -0.25) is 0 Å². The Balaban J connectivity index is 1.77. The van der Waals surface area contributed by atoms with E-state index in [4.69, 9.17) is 0 Å². The van der Waals surface area contributed by atoms with Gasteiger partial charge in [-0.2, -0.15) is 0 Å². The maximum Gasteiger partial charge on any atom is 0.117 e. The Morgan fingerprint density at radius 2 is 2.07 bits per heavy atom. The lowest BCUT2D eigenvalue weighted by Gasteiger charge is -2.41. The normalized spacial score (nSPS) is 38.3. The summed E-state index contributed by atoms with van der Waals surface area (Å²) in [5.41, 5.74) is 5.06. The van der Waals surface area contributed by atoms with Gasteiger partial charge in [0.05, 0.1) is 12.2 Å². The second-order valence-electron chi connectivity index (χ2n) is 10.1. The Morgan fingerprint density at radius 1 is 1.33 bits per heavy atom. The van der Waals surface area contributed by atoms with Crippen LogP contribution in [0.1, 0.15) is 72.6 Å². The number of rotatable bonds is 6. The molecular formula is C26H40O3S. The van der Waals surface area contributed by atoms with Crippen molar-refractivity contribution in [2.24, 2.45) is 17.3 Å². The summed E-state index contributed by atoms with van der Waals surface area (Å²) in [6.07, 6.45) is 12.2. The van der Waals surface area contributed by atoms with E-state index >= 15 is 0 Å². The zero-order valence-corrected chi connectivity index (χ0v) is 20.0. The fourth-order valence-electron chi connectivity index (χ4n) is 5.49. The summed E-state index contributed by atoms with van der Waals surface area (Å²) in [5.74, 6) is 1.19. The highest BCUT2D eigenvalue weighted by Crippen LogP contribution is 2.55. The molecule has 0 unspecified atom stereocenters. The van der Waals surface area contributed by atoms with Crippen LogP contribution in [0.5, 0.6) is 0 Å². The van der Waals surface area contributed by atoms with Gasteiger partial charge in [0.1, 0.15) is 4.93 Å². The van der Waals surface area contributed by atoms with Crippen molar-refractivity contribution in [2.45, 2.75) is 89.8 Å². The Hall–Kier alpha value is -0.810. The molecule has 0 amide bonds. The number of aliphatic hydroxyl groups excluding tert-OH is 2. The molecule has 0 aliphatic heterocycles. The van der Waals surface area contributed by atoms with Crippen molar-refractivity contribution >= 4 is 11.8 Å². The van der Waals surface area contributed by atoms with Crippen LogP contribution in [0.15, 0.2) is 47.1 Å². The minimum atomic E-state index is -1.06. The molecule has 4 heteroatoms. The van der Waals surface area contributed by atoms with E-state index in [9.17, 15) is 15.3 Å². The number of fused-ring (bicyclic) bond motifs is 1. The molecule has 168 valence electrons. The van der Waals surface area contributed by atoms with Crippen LogP contribution in [-0.4, -0.2) is 38.2 Å². The van der Waals surface area contributed by atoms with Gasteiger partial charge in [-0.25, -0.2) is 0 Å². The first-order chi connectivity index (χ1) is 14.1. The quantitative estimate of drug-likeness (QED) is 0.381. The molecule has 0 aromatic carbocycles. The Bertz CT molecular complexity index is 749.